The first-order valence-corrected chi connectivity index (χ1v) is 13.6. The third-order valence-corrected chi connectivity index (χ3v) is 8.62. The summed E-state index contributed by atoms with van der Waals surface area (Å²) in [5, 5.41) is 39.0. The average molecular weight is 533 g/mol. The lowest BCUT2D eigenvalue weighted by Gasteiger charge is -2.25. The Morgan fingerprint density at radius 2 is 1.82 bits per heavy atom. The number of para-hydroxylation sites is 1. The normalized spacial score (nSPS) is 26.1. The molecule has 0 amide bonds. The zero-order valence-electron chi connectivity index (χ0n) is 21.6. The van der Waals surface area contributed by atoms with Gasteiger partial charge in [0.25, 0.3) is 0 Å². The molecule has 2 aromatic heterocycles. The van der Waals surface area contributed by atoms with Gasteiger partial charge in [0.05, 0.1) is 33.6 Å². The highest BCUT2D eigenvalue weighted by Crippen LogP contribution is 2.56. The summed E-state index contributed by atoms with van der Waals surface area (Å²) < 4.78 is 1.06. The highest BCUT2D eigenvalue weighted by atomic mass is 32.1. The van der Waals surface area contributed by atoms with Gasteiger partial charge in [0.1, 0.15) is 22.5 Å². The number of hydrogen-bond donors (Lipinski definition) is 5. The molecule has 0 aliphatic heterocycles. The van der Waals surface area contributed by atoms with E-state index in [0.29, 0.717) is 24.7 Å². The Hall–Kier alpha value is -3.15. The molecule has 5 N–H and O–H groups in total. The van der Waals surface area contributed by atoms with E-state index in [1.807, 2.05) is 45.3 Å². The summed E-state index contributed by atoms with van der Waals surface area (Å²) in [7, 11) is 4.10. The van der Waals surface area contributed by atoms with Crippen molar-refractivity contribution in [2.75, 3.05) is 24.7 Å². The maximum Gasteiger partial charge on any atom is 0.225 e. The Balaban J connectivity index is 1.31. The van der Waals surface area contributed by atoms with Crippen LogP contribution in [0.2, 0.25) is 0 Å². The largest absolute Gasteiger partial charge is 0.390 e. The molecule has 9 nitrogen and oxygen atoms in total. The number of fused-ring (bicyclic) bond motifs is 2. The van der Waals surface area contributed by atoms with E-state index in [0.717, 1.165) is 38.6 Å². The van der Waals surface area contributed by atoms with E-state index in [9.17, 15) is 15.3 Å². The van der Waals surface area contributed by atoms with Crippen LogP contribution >= 0.6 is 11.3 Å². The fourth-order valence-electron chi connectivity index (χ4n) is 5.57. The van der Waals surface area contributed by atoms with Crippen LogP contribution in [0.5, 0.6) is 0 Å². The second kappa shape index (κ2) is 9.55. The maximum atomic E-state index is 10.8. The van der Waals surface area contributed by atoms with Gasteiger partial charge in [-0.3, -0.25) is 0 Å². The smallest absolute Gasteiger partial charge is 0.225 e. The number of aliphatic hydroxyl groups is 3. The number of thiazole rings is 1. The van der Waals surface area contributed by atoms with Gasteiger partial charge in [-0.05, 0) is 50.7 Å². The lowest BCUT2D eigenvalue weighted by molar-refractivity contribution is -0.0262. The van der Waals surface area contributed by atoms with E-state index in [1.54, 1.807) is 11.3 Å². The second-order valence-electron chi connectivity index (χ2n) is 10.6. The van der Waals surface area contributed by atoms with Gasteiger partial charge in [-0.15, -0.1) is 11.3 Å². The molecule has 0 bridgehead atoms. The molecule has 0 saturated heterocycles. The molecule has 2 aliphatic carbocycles. The first kappa shape index (κ1) is 25.1. The van der Waals surface area contributed by atoms with E-state index < -0.39 is 23.9 Å². The predicted octanol–water partition coefficient (Wildman–Crippen LogP) is 3.00. The first-order valence-electron chi connectivity index (χ1n) is 12.8. The molecule has 5 atom stereocenters. The van der Waals surface area contributed by atoms with E-state index in [1.165, 1.54) is 5.56 Å². The topological polar surface area (TPSA) is 127 Å². The van der Waals surface area contributed by atoms with Crippen molar-refractivity contribution in [3.63, 3.8) is 0 Å². The summed E-state index contributed by atoms with van der Waals surface area (Å²) in [5.41, 5.74) is 3.32. The molecule has 198 valence electrons. The van der Waals surface area contributed by atoms with Crippen molar-refractivity contribution >= 4 is 33.3 Å². The summed E-state index contributed by atoms with van der Waals surface area (Å²) in [6, 6.07) is 15.9. The molecule has 0 radical (unpaired) electrons. The lowest BCUT2D eigenvalue weighted by Crippen LogP contribution is -2.42. The SMILES string of the molecule is Cc1nc(NCc2cccc(CN(C)C)c2)nc(NC2CC3C(O)C3(O)C2O)c1-c1nc2ccccc2s1. The van der Waals surface area contributed by atoms with Gasteiger partial charge in [0, 0.05) is 19.0 Å². The van der Waals surface area contributed by atoms with Gasteiger partial charge in [0.2, 0.25) is 5.95 Å². The van der Waals surface area contributed by atoms with E-state index in [2.05, 4.69) is 39.8 Å². The van der Waals surface area contributed by atoms with Crippen molar-refractivity contribution in [2.45, 2.75) is 50.3 Å². The van der Waals surface area contributed by atoms with Crippen molar-refractivity contribution in [2.24, 2.45) is 5.92 Å². The van der Waals surface area contributed by atoms with Gasteiger partial charge in [-0.1, -0.05) is 36.4 Å². The Morgan fingerprint density at radius 1 is 1.03 bits per heavy atom. The Bertz CT molecular complexity index is 1460. The van der Waals surface area contributed by atoms with Gasteiger partial charge in [-0.2, -0.15) is 4.98 Å². The fourth-order valence-corrected chi connectivity index (χ4v) is 6.64. The molecule has 0 spiro atoms. The third-order valence-electron chi connectivity index (χ3n) is 7.56. The number of aliphatic hydroxyl groups excluding tert-OH is 2. The van der Waals surface area contributed by atoms with Gasteiger partial charge in [-0.25, -0.2) is 9.97 Å². The Labute approximate surface area is 225 Å². The minimum Gasteiger partial charge on any atom is -0.390 e. The Morgan fingerprint density at radius 3 is 2.55 bits per heavy atom. The number of hydrogen-bond acceptors (Lipinski definition) is 10. The average Bonchev–Trinajstić information content (AvgIpc) is 3.16. The molecule has 5 unspecified atom stereocenters. The molecule has 2 saturated carbocycles. The summed E-state index contributed by atoms with van der Waals surface area (Å²) in [6.45, 7) is 3.35. The van der Waals surface area contributed by atoms with E-state index in [4.69, 9.17) is 15.0 Å². The van der Waals surface area contributed by atoms with Crippen LogP contribution < -0.4 is 10.6 Å². The van der Waals surface area contributed by atoms with Crippen molar-refractivity contribution in [3.8, 4) is 10.6 Å². The number of anilines is 2. The van der Waals surface area contributed by atoms with E-state index >= 15 is 0 Å². The summed E-state index contributed by atoms with van der Waals surface area (Å²) in [4.78, 5) is 16.5. The number of benzene rings is 2. The summed E-state index contributed by atoms with van der Waals surface area (Å²) in [6.07, 6.45) is -1.54. The number of nitrogens with zero attached hydrogens (tertiary/aromatic N) is 4. The second-order valence-corrected chi connectivity index (χ2v) is 11.7. The number of nitrogens with one attached hydrogen (secondary N) is 2. The van der Waals surface area contributed by atoms with Crippen LogP contribution in [-0.2, 0) is 13.1 Å². The monoisotopic (exact) mass is 532 g/mol. The molecule has 2 aromatic carbocycles. The minimum absolute atomic E-state index is 0.337. The van der Waals surface area contributed by atoms with Crippen LogP contribution in [0.15, 0.2) is 48.5 Å². The summed E-state index contributed by atoms with van der Waals surface area (Å²) in [5.74, 6) is 0.670. The highest BCUT2D eigenvalue weighted by molar-refractivity contribution is 7.21. The zero-order valence-corrected chi connectivity index (χ0v) is 22.4. The standard InChI is InChI=1S/C28H32N6O3S/c1-15-22(26-32-19-9-4-5-10-21(19)38-26)25(31-20-12-18-23(35)28(18,37)24(20)36)33-27(30-15)29-13-16-7-6-8-17(11-16)14-34(2)3/h4-11,18,20,23-24,35-37H,12-14H2,1-3H3,(H2,29,30,31,33). The van der Waals surface area contributed by atoms with Gasteiger partial charge >= 0.3 is 0 Å². The molecular weight excluding hydrogens is 500 g/mol. The van der Waals surface area contributed by atoms with Gasteiger partial charge < -0.3 is 30.9 Å². The number of aromatic nitrogens is 3. The van der Waals surface area contributed by atoms with Crippen molar-refractivity contribution in [3.05, 3.63) is 65.4 Å². The van der Waals surface area contributed by atoms with Crippen molar-refractivity contribution in [1.29, 1.82) is 0 Å². The lowest BCUT2D eigenvalue weighted by atomic mass is 10.1. The molecular formula is C28H32N6O3S. The predicted molar refractivity (Wildman–Crippen MR) is 149 cm³/mol. The maximum absolute atomic E-state index is 10.8. The van der Waals surface area contributed by atoms with Crippen molar-refractivity contribution < 1.29 is 15.3 Å². The van der Waals surface area contributed by atoms with Crippen molar-refractivity contribution in [1.82, 2.24) is 19.9 Å². The molecule has 4 aromatic rings. The first-order chi connectivity index (χ1) is 18.2. The van der Waals surface area contributed by atoms with Crippen LogP contribution in [0, 0.1) is 12.8 Å². The Kier molecular flexibility index (Phi) is 6.32. The highest BCUT2D eigenvalue weighted by Gasteiger charge is 2.74. The molecule has 38 heavy (non-hydrogen) atoms. The molecule has 10 heteroatoms. The number of aryl methyl sites for hydroxylation is 1. The minimum atomic E-state index is -1.45. The third kappa shape index (κ3) is 4.42. The molecule has 2 aliphatic rings. The van der Waals surface area contributed by atoms with Crippen LogP contribution in [0.25, 0.3) is 20.8 Å². The quantitative estimate of drug-likeness (QED) is 0.233. The van der Waals surface area contributed by atoms with Crippen LogP contribution in [-0.4, -0.2) is 73.1 Å². The zero-order chi connectivity index (χ0) is 26.6. The van der Waals surface area contributed by atoms with Crippen LogP contribution in [0.1, 0.15) is 23.2 Å². The van der Waals surface area contributed by atoms with Gasteiger partial charge in [0.15, 0.2) is 0 Å². The number of rotatable bonds is 8. The fraction of sp³-hybridized carbons (Fsp3) is 0.393. The van der Waals surface area contributed by atoms with Crippen LogP contribution in [0.3, 0.4) is 0 Å². The van der Waals surface area contributed by atoms with Crippen LogP contribution in [0.4, 0.5) is 11.8 Å². The molecule has 2 heterocycles. The molecule has 6 rings (SSSR count). The van der Waals surface area contributed by atoms with E-state index in [-0.39, 0.29) is 5.92 Å². The summed E-state index contributed by atoms with van der Waals surface area (Å²) >= 11 is 1.56. The molecule has 2 fully saturated rings.